The molecule has 4 aromatic carbocycles. The molecule has 218 valence electrons. The van der Waals surface area contributed by atoms with E-state index in [4.69, 9.17) is 0 Å². The van der Waals surface area contributed by atoms with Crippen LogP contribution in [0, 0.1) is 0 Å². The van der Waals surface area contributed by atoms with Gasteiger partial charge in [-0.05, 0) is 85.8 Å². The second-order valence-electron chi connectivity index (χ2n) is 11.9. The van der Waals surface area contributed by atoms with E-state index in [0.29, 0.717) is 16.9 Å². The van der Waals surface area contributed by atoms with E-state index in [1.807, 2.05) is 69.3 Å². The first kappa shape index (κ1) is 29.7. The molecule has 0 aliphatic carbocycles. The molecule has 0 aromatic heterocycles. The highest BCUT2D eigenvalue weighted by molar-refractivity contribution is 7.99. The van der Waals surface area contributed by atoms with Gasteiger partial charge in [0.2, 0.25) is 0 Å². The number of carbonyl (C=O) groups excluding carboxylic acids is 2. The molecule has 0 radical (unpaired) electrons. The van der Waals surface area contributed by atoms with Gasteiger partial charge >= 0.3 is 0 Å². The normalized spacial score (nSPS) is 14.4. The average Bonchev–Trinajstić information content (AvgIpc) is 2.98. The fourth-order valence-electron chi connectivity index (χ4n) is 5.36. The van der Waals surface area contributed by atoms with E-state index in [0.717, 1.165) is 46.5 Å². The lowest BCUT2D eigenvalue weighted by molar-refractivity contribution is 0.0849. The molecule has 4 N–H and O–H groups in total. The first-order valence-electron chi connectivity index (χ1n) is 14.5. The lowest BCUT2D eigenvalue weighted by Crippen LogP contribution is -2.46. The number of amides is 2. The van der Waals surface area contributed by atoms with Gasteiger partial charge in [-0.2, -0.15) is 0 Å². The molecule has 2 atom stereocenters. The third-order valence-electron chi connectivity index (χ3n) is 7.45. The molecule has 1 aliphatic heterocycles. The van der Waals surface area contributed by atoms with Crippen molar-refractivity contribution in [1.29, 1.82) is 0 Å². The second kappa shape index (κ2) is 13.0. The zero-order valence-corrected chi connectivity index (χ0v) is 25.3. The number of hydrogen-bond acceptors (Lipinski definition) is 5. The number of benzene rings is 4. The van der Waals surface area contributed by atoms with Gasteiger partial charge in [-0.25, -0.2) is 0 Å². The van der Waals surface area contributed by atoms with E-state index in [1.165, 1.54) is 5.39 Å². The summed E-state index contributed by atoms with van der Waals surface area (Å²) in [5.74, 6) is 0.0896. The number of aliphatic hydroxyl groups excluding tert-OH is 1. The van der Waals surface area contributed by atoms with Crippen LogP contribution in [-0.2, 0) is 12.8 Å². The Morgan fingerprint density at radius 2 is 1.64 bits per heavy atom. The third kappa shape index (κ3) is 7.33. The van der Waals surface area contributed by atoms with Crippen molar-refractivity contribution in [2.75, 3.05) is 17.6 Å². The van der Waals surface area contributed by atoms with Gasteiger partial charge in [0.1, 0.15) is 0 Å². The maximum Gasteiger partial charge on any atom is 0.251 e. The van der Waals surface area contributed by atoms with Crippen LogP contribution in [0.1, 0.15) is 59.0 Å². The quantitative estimate of drug-likeness (QED) is 0.176. The molecule has 0 saturated heterocycles. The summed E-state index contributed by atoms with van der Waals surface area (Å²) < 4.78 is 0. The maximum absolute atomic E-state index is 13.7. The Labute approximate surface area is 252 Å². The highest BCUT2D eigenvalue weighted by Gasteiger charge is 2.27. The van der Waals surface area contributed by atoms with Gasteiger partial charge in [0.25, 0.3) is 11.8 Å². The minimum atomic E-state index is -0.914. The standard InChI is InChI=1S/C35H39N3O3S/c1-35(2,3)38-34(41)27-13-7-6-12-25(27)21-32(39)31(22-42-26-18-17-23-10-4-5-11-24(23)20-26)37-33(40)29-14-8-16-30-28(29)15-9-19-36-30/h4-8,10-14,16-18,20,31-32,36,39H,9,15,19,21-22H2,1-3H3,(H,37,40)(H,38,41)/t31-,32+/m0/s1. The van der Waals surface area contributed by atoms with Crippen molar-refractivity contribution in [1.82, 2.24) is 10.6 Å². The summed E-state index contributed by atoms with van der Waals surface area (Å²) in [6.45, 7) is 6.71. The fourth-order valence-corrected chi connectivity index (χ4v) is 6.41. The van der Waals surface area contributed by atoms with Gasteiger partial charge < -0.3 is 21.1 Å². The molecule has 1 heterocycles. The summed E-state index contributed by atoms with van der Waals surface area (Å²) in [5, 5.41) is 23.5. The van der Waals surface area contributed by atoms with Crippen LogP contribution < -0.4 is 16.0 Å². The van der Waals surface area contributed by atoms with E-state index in [1.54, 1.807) is 17.8 Å². The number of thioether (sulfide) groups is 1. The highest BCUT2D eigenvalue weighted by atomic mass is 32.2. The molecule has 6 nitrogen and oxygen atoms in total. The Balaban J connectivity index is 1.39. The van der Waals surface area contributed by atoms with Gasteiger partial charge in [0.15, 0.2) is 0 Å². The van der Waals surface area contributed by atoms with Crippen LogP contribution in [0.3, 0.4) is 0 Å². The number of rotatable bonds is 9. The van der Waals surface area contributed by atoms with E-state index < -0.39 is 12.1 Å². The van der Waals surface area contributed by atoms with E-state index >= 15 is 0 Å². The number of aliphatic hydroxyl groups is 1. The maximum atomic E-state index is 13.7. The van der Waals surface area contributed by atoms with E-state index in [2.05, 4.69) is 46.3 Å². The van der Waals surface area contributed by atoms with Crippen LogP contribution in [0.4, 0.5) is 5.69 Å². The summed E-state index contributed by atoms with van der Waals surface area (Å²) in [7, 11) is 0. The molecule has 42 heavy (non-hydrogen) atoms. The summed E-state index contributed by atoms with van der Waals surface area (Å²) >= 11 is 1.60. The van der Waals surface area contributed by atoms with Crippen LogP contribution in [0.15, 0.2) is 89.8 Å². The SMILES string of the molecule is CC(C)(C)NC(=O)c1ccccc1C[C@@H](O)[C@H](CSc1ccc2ccccc2c1)NC(=O)c1cccc2c1CCCN2. The number of hydrogen-bond donors (Lipinski definition) is 4. The van der Waals surface area contributed by atoms with Crippen molar-refractivity contribution < 1.29 is 14.7 Å². The first-order chi connectivity index (χ1) is 20.2. The van der Waals surface area contributed by atoms with Crippen molar-refractivity contribution in [3.63, 3.8) is 0 Å². The number of carbonyl (C=O) groups is 2. The average molecular weight is 582 g/mol. The Hall–Kier alpha value is -3.81. The molecule has 4 aromatic rings. The zero-order valence-electron chi connectivity index (χ0n) is 24.4. The van der Waals surface area contributed by atoms with Crippen molar-refractivity contribution in [2.45, 2.75) is 62.6 Å². The summed E-state index contributed by atoms with van der Waals surface area (Å²) in [5.41, 5.74) is 3.53. The van der Waals surface area contributed by atoms with E-state index in [9.17, 15) is 14.7 Å². The van der Waals surface area contributed by atoms with Crippen molar-refractivity contribution in [2.24, 2.45) is 0 Å². The molecular weight excluding hydrogens is 542 g/mol. The van der Waals surface area contributed by atoms with Gasteiger partial charge in [-0.3, -0.25) is 9.59 Å². The molecule has 0 unspecified atom stereocenters. The predicted octanol–water partition coefficient (Wildman–Crippen LogP) is 6.22. The summed E-state index contributed by atoms with van der Waals surface area (Å²) in [6.07, 6.45) is 1.12. The number of fused-ring (bicyclic) bond motifs is 2. The predicted molar refractivity (Wildman–Crippen MR) is 173 cm³/mol. The van der Waals surface area contributed by atoms with Crippen molar-refractivity contribution >= 4 is 40.0 Å². The molecule has 7 heteroatoms. The van der Waals surface area contributed by atoms with Gasteiger partial charge in [0, 0.05) is 46.0 Å². The fraction of sp³-hybridized carbons (Fsp3) is 0.314. The lowest BCUT2D eigenvalue weighted by Gasteiger charge is -2.27. The van der Waals surface area contributed by atoms with Gasteiger partial charge in [-0.1, -0.05) is 54.6 Å². The van der Waals surface area contributed by atoms with Crippen molar-refractivity contribution in [3.05, 3.63) is 107 Å². The molecule has 1 aliphatic rings. The zero-order chi connectivity index (χ0) is 29.7. The van der Waals surface area contributed by atoms with Gasteiger partial charge in [0.05, 0.1) is 12.1 Å². The molecule has 0 saturated carbocycles. The number of anilines is 1. The molecule has 2 amide bonds. The summed E-state index contributed by atoms with van der Waals surface area (Å²) in [4.78, 5) is 27.8. The lowest BCUT2D eigenvalue weighted by atomic mass is 9.95. The Bertz CT molecular complexity index is 1580. The summed E-state index contributed by atoms with van der Waals surface area (Å²) in [6, 6.07) is 27.1. The minimum absolute atomic E-state index is 0.181. The first-order valence-corrected chi connectivity index (χ1v) is 15.5. The molecule has 0 fully saturated rings. The van der Waals surface area contributed by atoms with Crippen LogP contribution in [0.5, 0.6) is 0 Å². The monoisotopic (exact) mass is 581 g/mol. The Morgan fingerprint density at radius 3 is 2.45 bits per heavy atom. The molecule has 5 rings (SSSR count). The Morgan fingerprint density at radius 1 is 0.905 bits per heavy atom. The van der Waals surface area contributed by atoms with E-state index in [-0.39, 0.29) is 23.8 Å². The molecule has 0 spiro atoms. The van der Waals surface area contributed by atoms with Crippen molar-refractivity contribution in [3.8, 4) is 0 Å². The number of nitrogens with one attached hydrogen (secondary N) is 3. The highest BCUT2D eigenvalue weighted by Crippen LogP contribution is 2.28. The molecular formula is C35H39N3O3S. The smallest absolute Gasteiger partial charge is 0.251 e. The van der Waals surface area contributed by atoms with Crippen LogP contribution in [0.25, 0.3) is 10.8 Å². The third-order valence-corrected chi connectivity index (χ3v) is 8.56. The second-order valence-corrected chi connectivity index (χ2v) is 13.0. The van der Waals surface area contributed by atoms with Crippen LogP contribution in [0.2, 0.25) is 0 Å². The molecule has 0 bridgehead atoms. The minimum Gasteiger partial charge on any atom is -0.391 e. The van der Waals surface area contributed by atoms with Gasteiger partial charge in [-0.15, -0.1) is 11.8 Å². The Kier molecular flexibility index (Phi) is 9.19. The topological polar surface area (TPSA) is 90.5 Å². The van der Waals surface area contributed by atoms with Crippen LogP contribution in [-0.4, -0.2) is 46.9 Å². The largest absolute Gasteiger partial charge is 0.391 e. The van der Waals surface area contributed by atoms with Crippen LogP contribution >= 0.6 is 11.8 Å².